The van der Waals surface area contributed by atoms with Gasteiger partial charge in [0.15, 0.2) is 0 Å². The molecule has 0 saturated heterocycles. The molecule has 4 rings (SSSR count). The number of alkyl carbamates (subject to hydrolysis) is 1. The van der Waals surface area contributed by atoms with Gasteiger partial charge >= 0.3 is 12.1 Å². The van der Waals surface area contributed by atoms with Crippen molar-refractivity contribution in [3.05, 3.63) is 59.7 Å². The molecule has 2 aliphatic carbocycles. The molecule has 2 aromatic rings. The predicted octanol–water partition coefficient (Wildman–Crippen LogP) is 4.65. The summed E-state index contributed by atoms with van der Waals surface area (Å²) < 4.78 is 5.67. The summed E-state index contributed by atoms with van der Waals surface area (Å²) in [6.45, 7) is 4.29. The van der Waals surface area contributed by atoms with E-state index in [-0.39, 0.29) is 42.9 Å². The van der Waals surface area contributed by atoms with E-state index in [1.807, 2.05) is 38.1 Å². The second kappa shape index (κ2) is 10.9. The Morgan fingerprint density at radius 1 is 1.03 bits per heavy atom. The van der Waals surface area contributed by atoms with Crippen LogP contribution in [-0.4, -0.2) is 53.7 Å². The molecule has 186 valence electrons. The molecule has 0 bridgehead atoms. The number of ether oxygens (including phenoxy) is 1. The lowest BCUT2D eigenvalue weighted by atomic mass is 9.84. The van der Waals surface area contributed by atoms with Gasteiger partial charge in [0.1, 0.15) is 13.2 Å². The molecule has 35 heavy (non-hydrogen) atoms. The number of hydrogen-bond acceptors (Lipinski definition) is 4. The maximum atomic E-state index is 13.1. The van der Waals surface area contributed by atoms with E-state index >= 15 is 0 Å². The Morgan fingerprint density at radius 3 is 2.26 bits per heavy atom. The molecule has 1 saturated carbocycles. The summed E-state index contributed by atoms with van der Waals surface area (Å²) in [5.41, 5.74) is 4.68. The minimum atomic E-state index is -1.01. The molecule has 7 heteroatoms. The first kappa shape index (κ1) is 24.8. The van der Waals surface area contributed by atoms with Crippen LogP contribution in [0.15, 0.2) is 48.5 Å². The summed E-state index contributed by atoms with van der Waals surface area (Å²) in [7, 11) is 0. The fraction of sp³-hybridized carbons (Fsp3) is 0.464. The highest BCUT2D eigenvalue weighted by Gasteiger charge is 2.33. The van der Waals surface area contributed by atoms with E-state index in [1.54, 1.807) is 0 Å². The molecule has 0 unspecified atom stereocenters. The summed E-state index contributed by atoms with van der Waals surface area (Å²) in [6, 6.07) is 16.2. The van der Waals surface area contributed by atoms with E-state index in [0.717, 1.165) is 24.0 Å². The molecule has 0 aliphatic heterocycles. The molecule has 1 fully saturated rings. The largest absolute Gasteiger partial charge is 0.480 e. The topological polar surface area (TPSA) is 95.9 Å². The van der Waals surface area contributed by atoms with Crippen LogP contribution in [0.2, 0.25) is 0 Å². The van der Waals surface area contributed by atoms with Gasteiger partial charge in [-0.25, -0.2) is 4.79 Å². The van der Waals surface area contributed by atoms with Crippen LogP contribution in [0.25, 0.3) is 11.1 Å². The van der Waals surface area contributed by atoms with Crippen LogP contribution in [0, 0.1) is 11.8 Å². The smallest absolute Gasteiger partial charge is 0.407 e. The van der Waals surface area contributed by atoms with Crippen molar-refractivity contribution in [1.29, 1.82) is 0 Å². The zero-order valence-corrected chi connectivity index (χ0v) is 20.4. The number of aliphatic carboxylic acids is 1. The van der Waals surface area contributed by atoms with Crippen LogP contribution in [0.4, 0.5) is 4.79 Å². The van der Waals surface area contributed by atoms with Gasteiger partial charge in [-0.3, -0.25) is 9.59 Å². The van der Waals surface area contributed by atoms with Crippen molar-refractivity contribution < 1.29 is 24.2 Å². The average molecular weight is 479 g/mol. The maximum absolute atomic E-state index is 13.1. The Labute approximate surface area is 206 Å². The Morgan fingerprint density at radius 2 is 1.66 bits per heavy atom. The van der Waals surface area contributed by atoms with Gasteiger partial charge in [-0.2, -0.15) is 0 Å². The second-order valence-electron chi connectivity index (χ2n) is 10.0. The summed E-state index contributed by atoms with van der Waals surface area (Å²) in [5, 5.41) is 12.2. The van der Waals surface area contributed by atoms with Crippen molar-refractivity contribution >= 4 is 18.0 Å². The fourth-order valence-electron chi connectivity index (χ4n) is 5.45. The standard InChI is InChI=1S/C28H34N2O5/c1-18(2)15-30(16-26(31)32)27(33)19-8-7-9-20(14-19)29-28(34)35-17-25-23-12-5-3-10-21(23)22-11-4-6-13-24(22)25/h3-6,10-13,18-20,25H,7-9,14-17H2,1-2H3,(H,29,34)(H,31,32)/t19-,20-/m1/s1. The van der Waals surface area contributed by atoms with Gasteiger partial charge in [0.25, 0.3) is 0 Å². The zero-order valence-electron chi connectivity index (χ0n) is 20.4. The average Bonchev–Trinajstić information content (AvgIpc) is 3.15. The Hall–Kier alpha value is -3.35. The number of nitrogens with one attached hydrogen (secondary N) is 1. The Kier molecular flexibility index (Phi) is 7.73. The monoisotopic (exact) mass is 478 g/mol. The lowest BCUT2D eigenvalue weighted by Gasteiger charge is -2.33. The van der Waals surface area contributed by atoms with Crippen LogP contribution < -0.4 is 5.32 Å². The first-order valence-electron chi connectivity index (χ1n) is 12.5. The van der Waals surface area contributed by atoms with Crippen LogP contribution in [0.5, 0.6) is 0 Å². The molecule has 2 N–H and O–H groups in total. The van der Waals surface area contributed by atoms with Crippen molar-refractivity contribution in [2.45, 2.75) is 51.5 Å². The number of carbonyl (C=O) groups excluding carboxylic acids is 2. The third kappa shape index (κ3) is 5.84. The second-order valence-corrected chi connectivity index (χ2v) is 10.0. The van der Waals surface area contributed by atoms with E-state index in [2.05, 4.69) is 29.6 Å². The van der Waals surface area contributed by atoms with Gasteiger partial charge in [-0.05, 0) is 47.4 Å². The van der Waals surface area contributed by atoms with E-state index in [1.165, 1.54) is 16.0 Å². The molecule has 7 nitrogen and oxygen atoms in total. The van der Waals surface area contributed by atoms with Crippen LogP contribution >= 0.6 is 0 Å². The van der Waals surface area contributed by atoms with Crippen LogP contribution in [0.1, 0.15) is 56.6 Å². The third-order valence-electron chi connectivity index (χ3n) is 6.91. The van der Waals surface area contributed by atoms with Gasteiger partial charge < -0.3 is 20.1 Å². The normalized spacial score (nSPS) is 19.1. The molecule has 0 heterocycles. The van der Waals surface area contributed by atoms with Crippen molar-refractivity contribution in [2.75, 3.05) is 19.7 Å². The quantitative estimate of drug-likeness (QED) is 0.576. The molecule has 0 aromatic heterocycles. The van der Waals surface area contributed by atoms with Gasteiger partial charge in [-0.1, -0.05) is 68.8 Å². The number of carboxylic acid groups (broad SMARTS) is 1. The lowest BCUT2D eigenvalue weighted by Crippen LogP contribution is -2.46. The first-order chi connectivity index (χ1) is 16.8. The van der Waals surface area contributed by atoms with E-state index in [4.69, 9.17) is 4.74 Å². The highest BCUT2D eigenvalue weighted by molar-refractivity contribution is 5.83. The SMILES string of the molecule is CC(C)CN(CC(=O)O)C(=O)[C@@H]1CCC[C@@H](NC(=O)OCC2c3ccccc3-c3ccccc32)C1. The predicted molar refractivity (Wildman–Crippen MR) is 133 cm³/mol. The number of rotatable bonds is 8. The highest BCUT2D eigenvalue weighted by Crippen LogP contribution is 2.44. The van der Waals surface area contributed by atoms with Crippen LogP contribution in [-0.2, 0) is 14.3 Å². The number of carboxylic acids is 1. The molecule has 2 atom stereocenters. The molecular weight excluding hydrogens is 444 g/mol. The third-order valence-corrected chi connectivity index (χ3v) is 6.91. The minimum Gasteiger partial charge on any atom is -0.480 e. The van der Waals surface area contributed by atoms with Crippen molar-refractivity contribution in [3.8, 4) is 11.1 Å². The van der Waals surface area contributed by atoms with Crippen molar-refractivity contribution in [1.82, 2.24) is 10.2 Å². The van der Waals surface area contributed by atoms with E-state index in [9.17, 15) is 19.5 Å². The number of hydrogen-bond donors (Lipinski definition) is 2. The molecule has 2 aromatic carbocycles. The number of benzene rings is 2. The first-order valence-corrected chi connectivity index (χ1v) is 12.5. The van der Waals surface area contributed by atoms with Gasteiger partial charge in [-0.15, -0.1) is 0 Å². The maximum Gasteiger partial charge on any atom is 0.407 e. The molecule has 0 spiro atoms. The van der Waals surface area contributed by atoms with Crippen LogP contribution in [0.3, 0.4) is 0 Å². The highest BCUT2D eigenvalue weighted by atomic mass is 16.5. The Balaban J connectivity index is 1.34. The van der Waals surface area contributed by atoms with Gasteiger partial charge in [0.05, 0.1) is 0 Å². The summed E-state index contributed by atoms with van der Waals surface area (Å²) in [4.78, 5) is 38.4. The number of nitrogens with zero attached hydrogens (tertiary/aromatic N) is 1. The van der Waals surface area contributed by atoms with E-state index in [0.29, 0.717) is 19.4 Å². The Bertz CT molecular complexity index is 1040. The summed E-state index contributed by atoms with van der Waals surface area (Å²) in [6.07, 6.45) is 2.30. The minimum absolute atomic E-state index is 0.00515. The van der Waals surface area contributed by atoms with Crippen molar-refractivity contribution in [3.63, 3.8) is 0 Å². The zero-order chi connectivity index (χ0) is 24.9. The summed E-state index contributed by atoms with van der Waals surface area (Å²) in [5.74, 6) is -1.27. The number of carbonyl (C=O) groups is 3. The molecule has 2 aliphatic rings. The molecule has 2 amide bonds. The number of amides is 2. The van der Waals surface area contributed by atoms with Gasteiger partial charge in [0.2, 0.25) is 5.91 Å². The molecular formula is C28H34N2O5. The van der Waals surface area contributed by atoms with Crippen molar-refractivity contribution in [2.24, 2.45) is 11.8 Å². The van der Waals surface area contributed by atoms with E-state index < -0.39 is 12.1 Å². The number of fused-ring (bicyclic) bond motifs is 3. The summed E-state index contributed by atoms with van der Waals surface area (Å²) >= 11 is 0. The lowest BCUT2D eigenvalue weighted by molar-refractivity contribution is -0.147. The van der Waals surface area contributed by atoms with Gasteiger partial charge in [0, 0.05) is 24.4 Å². The fourth-order valence-corrected chi connectivity index (χ4v) is 5.45. The molecule has 0 radical (unpaired) electrons.